The highest BCUT2D eigenvalue weighted by molar-refractivity contribution is 5.99. The molecule has 5 rings (SSSR count). The maximum Gasteiger partial charge on any atom is 0.269 e. The molecule has 0 radical (unpaired) electrons. The number of hydrogen-bond donors (Lipinski definition) is 2. The Morgan fingerprint density at radius 2 is 2.00 bits per heavy atom. The van der Waals surface area contributed by atoms with Crippen LogP contribution in [0.2, 0.25) is 0 Å². The summed E-state index contributed by atoms with van der Waals surface area (Å²) in [7, 11) is 1.61. The third-order valence-electron chi connectivity index (χ3n) is 6.25. The van der Waals surface area contributed by atoms with Gasteiger partial charge in [0, 0.05) is 51.4 Å². The fourth-order valence-electron chi connectivity index (χ4n) is 4.45. The zero-order chi connectivity index (χ0) is 20.0. The first-order valence-electron chi connectivity index (χ1n) is 10.2. The zero-order valence-electron chi connectivity index (χ0n) is 16.5. The van der Waals surface area contributed by atoms with Crippen LogP contribution >= 0.6 is 0 Å². The molecule has 3 aliphatic rings. The molecule has 2 atom stereocenters. The molecule has 2 aliphatic heterocycles. The lowest BCUT2D eigenvalue weighted by atomic mass is 10.00. The maximum atomic E-state index is 12.0. The van der Waals surface area contributed by atoms with Gasteiger partial charge in [-0.25, -0.2) is 4.98 Å². The first kappa shape index (κ1) is 18.1. The van der Waals surface area contributed by atoms with Gasteiger partial charge in [-0.15, -0.1) is 0 Å². The van der Waals surface area contributed by atoms with E-state index < -0.39 is 0 Å². The highest BCUT2D eigenvalue weighted by atomic mass is 16.2. The Morgan fingerprint density at radius 1 is 1.17 bits per heavy atom. The van der Waals surface area contributed by atoms with Crippen molar-refractivity contribution in [2.75, 3.05) is 43.4 Å². The average Bonchev–Trinajstić information content (AvgIpc) is 3.56. The second kappa shape index (κ2) is 7.15. The minimum atomic E-state index is -0.167. The molecule has 0 spiro atoms. The number of amides is 2. The van der Waals surface area contributed by atoms with E-state index in [4.69, 9.17) is 0 Å². The van der Waals surface area contributed by atoms with Crippen molar-refractivity contribution in [2.45, 2.75) is 18.9 Å². The number of carbonyl (C=O) groups is 2. The highest BCUT2D eigenvalue weighted by Gasteiger charge is 2.48. The Balaban J connectivity index is 1.19. The SMILES string of the molecule is CNC(=O)c1ccc(N2CCN(Cc3ccc4c(c3)NC(=O)C3CC43)CC2)cn1. The molecule has 3 heterocycles. The Bertz CT molecular complexity index is 950. The molecular weight excluding hydrogens is 366 g/mol. The van der Waals surface area contributed by atoms with Gasteiger partial charge in [-0.3, -0.25) is 14.5 Å². The molecule has 2 aromatic rings. The number of nitrogens with one attached hydrogen (secondary N) is 2. The zero-order valence-corrected chi connectivity index (χ0v) is 16.5. The Labute approximate surface area is 170 Å². The third-order valence-corrected chi connectivity index (χ3v) is 6.25. The van der Waals surface area contributed by atoms with E-state index in [-0.39, 0.29) is 17.7 Å². The van der Waals surface area contributed by atoms with E-state index in [2.05, 4.69) is 43.6 Å². The number of piperazine rings is 1. The van der Waals surface area contributed by atoms with Gasteiger partial charge in [0.2, 0.25) is 5.91 Å². The van der Waals surface area contributed by atoms with Crippen LogP contribution in [-0.4, -0.2) is 54.9 Å². The Hall–Kier alpha value is -2.93. The van der Waals surface area contributed by atoms with Crippen molar-refractivity contribution in [1.29, 1.82) is 0 Å². The van der Waals surface area contributed by atoms with Gasteiger partial charge in [-0.2, -0.15) is 0 Å². The number of hydrogen-bond acceptors (Lipinski definition) is 5. The minimum absolute atomic E-state index is 0.167. The number of benzene rings is 1. The second-order valence-electron chi connectivity index (χ2n) is 8.10. The molecule has 7 heteroatoms. The monoisotopic (exact) mass is 391 g/mol. The van der Waals surface area contributed by atoms with Crippen LogP contribution in [0.1, 0.15) is 34.0 Å². The van der Waals surface area contributed by atoms with Crippen LogP contribution in [-0.2, 0) is 11.3 Å². The van der Waals surface area contributed by atoms with E-state index in [0.717, 1.165) is 50.5 Å². The molecule has 1 aromatic carbocycles. The smallest absolute Gasteiger partial charge is 0.269 e. The summed E-state index contributed by atoms with van der Waals surface area (Å²) in [6.45, 7) is 4.66. The van der Waals surface area contributed by atoms with Crippen LogP contribution < -0.4 is 15.5 Å². The van der Waals surface area contributed by atoms with Crippen molar-refractivity contribution < 1.29 is 9.59 Å². The number of nitrogens with zero attached hydrogens (tertiary/aromatic N) is 3. The van der Waals surface area contributed by atoms with Gasteiger partial charge in [0.1, 0.15) is 5.69 Å². The second-order valence-corrected chi connectivity index (χ2v) is 8.10. The van der Waals surface area contributed by atoms with E-state index in [1.54, 1.807) is 19.3 Å². The van der Waals surface area contributed by atoms with Gasteiger partial charge in [0.05, 0.1) is 11.9 Å². The summed E-state index contributed by atoms with van der Waals surface area (Å²) >= 11 is 0. The Kier molecular flexibility index (Phi) is 4.47. The molecule has 1 aromatic heterocycles. The van der Waals surface area contributed by atoms with Crippen LogP contribution in [0, 0.1) is 5.92 Å². The molecule has 1 aliphatic carbocycles. The van der Waals surface area contributed by atoms with E-state index in [9.17, 15) is 9.59 Å². The lowest BCUT2D eigenvalue weighted by Gasteiger charge is -2.36. The molecule has 1 saturated carbocycles. The van der Waals surface area contributed by atoms with Gasteiger partial charge >= 0.3 is 0 Å². The van der Waals surface area contributed by atoms with Crippen molar-refractivity contribution in [2.24, 2.45) is 5.92 Å². The lowest BCUT2D eigenvalue weighted by Crippen LogP contribution is -2.46. The van der Waals surface area contributed by atoms with Crippen molar-refractivity contribution in [3.8, 4) is 0 Å². The summed E-state index contributed by atoms with van der Waals surface area (Å²) < 4.78 is 0. The number of aromatic nitrogens is 1. The summed E-state index contributed by atoms with van der Waals surface area (Å²) in [4.78, 5) is 32.6. The number of carbonyl (C=O) groups excluding carboxylic acids is 2. The fraction of sp³-hybridized carbons (Fsp3) is 0.409. The van der Waals surface area contributed by atoms with E-state index >= 15 is 0 Å². The molecule has 1 saturated heterocycles. The van der Waals surface area contributed by atoms with Crippen molar-refractivity contribution in [1.82, 2.24) is 15.2 Å². The van der Waals surface area contributed by atoms with Crippen LogP contribution in [0.5, 0.6) is 0 Å². The van der Waals surface area contributed by atoms with Crippen molar-refractivity contribution in [3.05, 3.63) is 53.3 Å². The standard InChI is InChI=1S/C22H25N5O2/c1-23-22(29)19-5-3-15(12-24-19)27-8-6-26(7-9-27)13-14-2-4-16-17-11-18(17)21(28)25-20(16)10-14/h2-5,10,12,17-18H,6-9,11,13H2,1H3,(H,23,29)(H,25,28). The van der Waals surface area contributed by atoms with Crippen molar-refractivity contribution in [3.63, 3.8) is 0 Å². The van der Waals surface area contributed by atoms with Crippen LogP contribution in [0.3, 0.4) is 0 Å². The van der Waals surface area contributed by atoms with Gasteiger partial charge < -0.3 is 15.5 Å². The lowest BCUT2D eigenvalue weighted by molar-refractivity contribution is -0.117. The first-order chi connectivity index (χ1) is 14.1. The van der Waals surface area contributed by atoms with Crippen LogP contribution in [0.4, 0.5) is 11.4 Å². The summed E-state index contributed by atoms with van der Waals surface area (Å²) in [5.41, 5.74) is 5.04. The normalized spacial score (nSPS) is 23.1. The Morgan fingerprint density at radius 3 is 2.72 bits per heavy atom. The maximum absolute atomic E-state index is 12.0. The predicted molar refractivity (Wildman–Crippen MR) is 111 cm³/mol. The molecule has 7 nitrogen and oxygen atoms in total. The van der Waals surface area contributed by atoms with Crippen LogP contribution in [0.15, 0.2) is 36.5 Å². The van der Waals surface area contributed by atoms with Crippen LogP contribution in [0.25, 0.3) is 0 Å². The highest BCUT2D eigenvalue weighted by Crippen LogP contribution is 2.53. The summed E-state index contributed by atoms with van der Waals surface area (Å²) in [6.07, 6.45) is 2.77. The topological polar surface area (TPSA) is 77.6 Å². The molecule has 2 amide bonds. The first-order valence-corrected chi connectivity index (χ1v) is 10.2. The third kappa shape index (κ3) is 3.46. The largest absolute Gasteiger partial charge is 0.368 e. The van der Waals surface area contributed by atoms with E-state index in [1.165, 1.54) is 11.1 Å². The van der Waals surface area contributed by atoms with E-state index in [0.29, 0.717) is 11.6 Å². The average molecular weight is 391 g/mol. The van der Waals surface area contributed by atoms with Gasteiger partial charge in [0.15, 0.2) is 0 Å². The van der Waals surface area contributed by atoms with Gasteiger partial charge in [-0.1, -0.05) is 12.1 Å². The van der Waals surface area contributed by atoms with E-state index in [1.807, 2.05) is 6.07 Å². The molecule has 2 N–H and O–H groups in total. The quantitative estimate of drug-likeness (QED) is 0.831. The summed E-state index contributed by atoms with van der Waals surface area (Å²) in [5.74, 6) is 0.671. The van der Waals surface area contributed by atoms with Gasteiger partial charge in [-0.05, 0) is 41.7 Å². The molecule has 29 heavy (non-hydrogen) atoms. The fourth-order valence-corrected chi connectivity index (χ4v) is 4.45. The summed E-state index contributed by atoms with van der Waals surface area (Å²) in [6, 6.07) is 10.3. The molecule has 2 unspecified atom stereocenters. The summed E-state index contributed by atoms with van der Waals surface area (Å²) in [5, 5.41) is 5.66. The predicted octanol–water partition coefficient (Wildman–Crippen LogP) is 1.82. The molecule has 0 bridgehead atoms. The number of anilines is 2. The minimum Gasteiger partial charge on any atom is -0.368 e. The number of pyridine rings is 1. The van der Waals surface area contributed by atoms with Crippen molar-refractivity contribution >= 4 is 23.2 Å². The molecular formula is C22H25N5O2. The van der Waals surface area contributed by atoms with Gasteiger partial charge in [0.25, 0.3) is 5.91 Å². The number of fused-ring (bicyclic) bond motifs is 3. The molecule has 150 valence electrons. The number of rotatable bonds is 4. The molecule has 2 fully saturated rings.